The summed E-state index contributed by atoms with van der Waals surface area (Å²) in [4.78, 5) is 12.0. The monoisotopic (exact) mass is 234 g/mol. The summed E-state index contributed by atoms with van der Waals surface area (Å²) in [6.45, 7) is 0. The average Bonchev–Trinajstić information content (AvgIpc) is 2.80. The minimum absolute atomic E-state index is 0.0957. The number of benzene rings is 2. The summed E-state index contributed by atoms with van der Waals surface area (Å²) in [6.07, 6.45) is 6.08. The lowest BCUT2D eigenvalue weighted by Crippen LogP contribution is -2.21. The molecule has 2 aromatic rings. The molecule has 1 heteroatoms. The van der Waals surface area contributed by atoms with Gasteiger partial charge in [0.2, 0.25) is 0 Å². The lowest BCUT2D eigenvalue weighted by Gasteiger charge is -2.28. The molecule has 4 rings (SSSR count). The number of hydrogen-bond donors (Lipinski definition) is 0. The van der Waals surface area contributed by atoms with Gasteiger partial charge in [-0.05, 0) is 46.7 Å². The van der Waals surface area contributed by atoms with E-state index in [1.54, 1.807) is 6.08 Å². The summed E-state index contributed by atoms with van der Waals surface area (Å²) >= 11 is 0. The zero-order chi connectivity index (χ0) is 12.1. The van der Waals surface area contributed by atoms with Gasteiger partial charge in [-0.1, -0.05) is 42.5 Å². The van der Waals surface area contributed by atoms with E-state index in [4.69, 9.17) is 0 Å². The van der Waals surface area contributed by atoms with Gasteiger partial charge in [0.05, 0.1) is 5.92 Å². The third kappa shape index (κ3) is 1.25. The minimum atomic E-state index is 0.0957. The van der Waals surface area contributed by atoms with E-state index in [1.165, 1.54) is 21.9 Å². The molecule has 2 unspecified atom stereocenters. The van der Waals surface area contributed by atoms with Gasteiger partial charge in [0.15, 0.2) is 5.78 Å². The minimum Gasteiger partial charge on any atom is -0.294 e. The van der Waals surface area contributed by atoms with Crippen LogP contribution >= 0.6 is 0 Å². The Labute approximate surface area is 106 Å². The van der Waals surface area contributed by atoms with Crippen LogP contribution in [-0.4, -0.2) is 5.78 Å². The first-order valence-corrected chi connectivity index (χ1v) is 6.57. The molecule has 2 aliphatic rings. The van der Waals surface area contributed by atoms with E-state index in [-0.39, 0.29) is 11.7 Å². The van der Waals surface area contributed by atoms with Crippen LogP contribution in [0.25, 0.3) is 10.8 Å². The van der Waals surface area contributed by atoms with Gasteiger partial charge in [0, 0.05) is 0 Å². The Morgan fingerprint density at radius 1 is 1.06 bits per heavy atom. The van der Waals surface area contributed by atoms with E-state index in [9.17, 15) is 4.79 Å². The summed E-state index contributed by atoms with van der Waals surface area (Å²) < 4.78 is 0. The van der Waals surface area contributed by atoms with Gasteiger partial charge in [-0.2, -0.15) is 0 Å². The molecule has 0 saturated heterocycles. The third-order valence-electron chi connectivity index (χ3n) is 4.38. The SMILES string of the molecule is O=C1C=CC2CCc3c(ccc4ccccc34)C12. The molecule has 0 aromatic heterocycles. The van der Waals surface area contributed by atoms with Crippen molar-refractivity contribution in [1.82, 2.24) is 0 Å². The number of ketones is 1. The maximum absolute atomic E-state index is 12.0. The Bertz CT molecular complexity index is 681. The molecule has 0 amide bonds. The number of fused-ring (bicyclic) bond motifs is 5. The van der Waals surface area contributed by atoms with Gasteiger partial charge >= 0.3 is 0 Å². The molecule has 0 fully saturated rings. The van der Waals surface area contributed by atoms with Crippen molar-refractivity contribution in [3.8, 4) is 0 Å². The van der Waals surface area contributed by atoms with E-state index < -0.39 is 0 Å². The molecule has 0 radical (unpaired) electrons. The maximum atomic E-state index is 12.0. The molecule has 1 nitrogen and oxygen atoms in total. The summed E-state index contributed by atoms with van der Waals surface area (Å²) in [7, 11) is 0. The molecule has 18 heavy (non-hydrogen) atoms. The predicted octanol–water partition coefficient (Wildman–Crippen LogP) is 3.62. The molecule has 2 aromatic carbocycles. The smallest absolute Gasteiger partial charge is 0.163 e. The highest BCUT2D eigenvalue weighted by Crippen LogP contribution is 2.43. The molecule has 0 heterocycles. The second-order valence-corrected chi connectivity index (χ2v) is 5.30. The normalized spacial score (nSPS) is 25.2. The van der Waals surface area contributed by atoms with Crippen molar-refractivity contribution in [1.29, 1.82) is 0 Å². The Hall–Kier alpha value is -1.89. The summed E-state index contributed by atoms with van der Waals surface area (Å²) in [6, 6.07) is 12.8. The lowest BCUT2D eigenvalue weighted by molar-refractivity contribution is -0.116. The van der Waals surface area contributed by atoms with E-state index in [0.717, 1.165) is 12.8 Å². The summed E-state index contributed by atoms with van der Waals surface area (Å²) in [5.74, 6) is 0.820. The van der Waals surface area contributed by atoms with Gasteiger partial charge < -0.3 is 0 Å². The van der Waals surface area contributed by atoms with Crippen LogP contribution in [0.2, 0.25) is 0 Å². The van der Waals surface area contributed by atoms with Crippen LogP contribution in [0.5, 0.6) is 0 Å². The fourth-order valence-corrected chi connectivity index (χ4v) is 3.53. The Morgan fingerprint density at radius 2 is 1.94 bits per heavy atom. The van der Waals surface area contributed by atoms with Crippen LogP contribution in [0.1, 0.15) is 23.5 Å². The largest absolute Gasteiger partial charge is 0.294 e. The number of hydrogen-bond acceptors (Lipinski definition) is 1. The number of allylic oxidation sites excluding steroid dienone is 2. The second kappa shape index (κ2) is 3.55. The van der Waals surface area contributed by atoms with Crippen molar-refractivity contribution in [3.05, 3.63) is 59.7 Å². The number of rotatable bonds is 0. The number of carbonyl (C=O) groups excluding carboxylic acids is 1. The van der Waals surface area contributed by atoms with Crippen molar-refractivity contribution in [3.63, 3.8) is 0 Å². The number of carbonyl (C=O) groups is 1. The molecule has 2 aliphatic carbocycles. The summed E-state index contributed by atoms with van der Waals surface area (Å²) in [5.41, 5.74) is 2.66. The first-order chi connectivity index (χ1) is 8.84. The standard InChI is InChI=1S/C17H14O/c18-16-10-7-12-6-8-14-13-4-2-1-3-11(13)5-9-15(14)17(12)16/h1-5,7,9-10,12,17H,6,8H2. The molecule has 0 aliphatic heterocycles. The van der Waals surface area contributed by atoms with E-state index >= 15 is 0 Å². The van der Waals surface area contributed by atoms with Gasteiger partial charge in [-0.15, -0.1) is 0 Å². The quantitative estimate of drug-likeness (QED) is 0.680. The Kier molecular flexibility index (Phi) is 1.99. The molecule has 88 valence electrons. The average molecular weight is 234 g/mol. The van der Waals surface area contributed by atoms with Crippen molar-refractivity contribution in [2.24, 2.45) is 5.92 Å². The fraction of sp³-hybridized carbons (Fsp3) is 0.235. The second-order valence-electron chi connectivity index (χ2n) is 5.30. The van der Waals surface area contributed by atoms with Crippen LogP contribution in [-0.2, 0) is 11.2 Å². The zero-order valence-corrected chi connectivity index (χ0v) is 10.1. The van der Waals surface area contributed by atoms with E-state index in [0.29, 0.717) is 5.92 Å². The molecule has 2 atom stereocenters. The van der Waals surface area contributed by atoms with Gasteiger partial charge in [0.25, 0.3) is 0 Å². The van der Waals surface area contributed by atoms with Gasteiger partial charge in [-0.25, -0.2) is 0 Å². The number of aryl methyl sites for hydroxylation is 1. The van der Waals surface area contributed by atoms with Crippen LogP contribution in [0.3, 0.4) is 0 Å². The highest BCUT2D eigenvalue weighted by Gasteiger charge is 2.36. The highest BCUT2D eigenvalue weighted by atomic mass is 16.1. The van der Waals surface area contributed by atoms with Crippen LogP contribution < -0.4 is 0 Å². The van der Waals surface area contributed by atoms with Crippen molar-refractivity contribution < 1.29 is 4.79 Å². The molecular weight excluding hydrogens is 220 g/mol. The highest BCUT2D eigenvalue weighted by molar-refractivity contribution is 6.00. The van der Waals surface area contributed by atoms with Crippen LogP contribution in [0.15, 0.2) is 48.6 Å². The van der Waals surface area contributed by atoms with Crippen molar-refractivity contribution in [2.45, 2.75) is 18.8 Å². The molecule has 0 N–H and O–H groups in total. The van der Waals surface area contributed by atoms with Crippen molar-refractivity contribution >= 4 is 16.6 Å². The molecule has 0 spiro atoms. The molecular formula is C17H14O. The topological polar surface area (TPSA) is 17.1 Å². The summed E-state index contributed by atoms with van der Waals surface area (Å²) in [5, 5.41) is 2.61. The fourth-order valence-electron chi connectivity index (χ4n) is 3.53. The van der Waals surface area contributed by atoms with Crippen LogP contribution in [0.4, 0.5) is 0 Å². The zero-order valence-electron chi connectivity index (χ0n) is 10.1. The third-order valence-corrected chi connectivity index (χ3v) is 4.38. The molecule has 0 saturated carbocycles. The van der Waals surface area contributed by atoms with Gasteiger partial charge in [-0.3, -0.25) is 4.79 Å². The predicted molar refractivity (Wildman–Crippen MR) is 72.6 cm³/mol. The Morgan fingerprint density at radius 3 is 2.89 bits per heavy atom. The van der Waals surface area contributed by atoms with E-state index in [2.05, 4.69) is 42.5 Å². The lowest BCUT2D eigenvalue weighted by atomic mass is 9.75. The van der Waals surface area contributed by atoms with Gasteiger partial charge in [0.1, 0.15) is 0 Å². The first-order valence-electron chi connectivity index (χ1n) is 6.57. The van der Waals surface area contributed by atoms with Crippen molar-refractivity contribution in [2.75, 3.05) is 0 Å². The molecule has 0 bridgehead atoms. The first kappa shape index (κ1) is 10.1. The van der Waals surface area contributed by atoms with E-state index in [1.807, 2.05) is 0 Å². The maximum Gasteiger partial charge on any atom is 0.163 e. The Balaban J connectivity index is 1.99. The van der Waals surface area contributed by atoms with Crippen LogP contribution in [0, 0.1) is 5.92 Å².